The second-order valence-electron chi connectivity index (χ2n) is 6.91. The second-order valence-corrected chi connectivity index (χ2v) is 10.4. The van der Waals surface area contributed by atoms with E-state index in [0.29, 0.717) is 4.88 Å². The van der Waals surface area contributed by atoms with Gasteiger partial charge in [0.2, 0.25) is 5.91 Å². The van der Waals surface area contributed by atoms with Crippen molar-refractivity contribution in [2.45, 2.75) is 18.5 Å². The van der Waals surface area contributed by atoms with Crippen molar-refractivity contribution in [3.63, 3.8) is 0 Å². The number of oxime groups is 1. The normalized spacial score (nSPS) is 17.8. The minimum atomic E-state index is -5.00. The number of halogens is 1. The fraction of sp³-hybridized carbons (Fsp3) is 0.333. The molecule has 3 amide bonds. The van der Waals surface area contributed by atoms with Gasteiger partial charge < -0.3 is 20.2 Å². The van der Waals surface area contributed by atoms with Gasteiger partial charge in [0.15, 0.2) is 10.8 Å². The molecule has 1 saturated heterocycles. The zero-order valence-corrected chi connectivity index (χ0v) is 21.4. The van der Waals surface area contributed by atoms with Crippen LogP contribution >= 0.6 is 34.3 Å². The van der Waals surface area contributed by atoms with Gasteiger partial charge in [0, 0.05) is 10.3 Å². The van der Waals surface area contributed by atoms with Crippen molar-refractivity contribution in [1.82, 2.24) is 14.6 Å². The standard InChI is InChI=1S/C18H18ClN5O9S3/c1-32-23-14(10-8-35-18(20-10)21-12(25)6-19)16(27)22-15-11(24(17(15)28)36(29,30)31)7-33-13(26)5-9-3-2-4-34-9/h2-4,8,11,15H,5-7H2,1H3,(H,22,27)(H,20,21,25)(H,29,30,31)/t11-,15+/m0/s1. The van der Waals surface area contributed by atoms with Gasteiger partial charge in [0.25, 0.3) is 11.8 Å². The van der Waals surface area contributed by atoms with Gasteiger partial charge in [-0.1, -0.05) is 11.2 Å². The number of thiazole rings is 1. The average Bonchev–Trinajstić information content (AvgIpc) is 3.49. The summed E-state index contributed by atoms with van der Waals surface area (Å²) in [6.07, 6.45) is -0.0850. The summed E-state index contributed by atoms with van der Waals surface area (Å²) in [6.45, 7) is -0.622. The maximum atomic E-state index is 12.9. The third kappa shape index (κ3) is 6.55. The number of esters is 1. The van der Waals surface area contributed by atoms with E-state index >= 15 is 0 Å². The van der Waals surface area contributed by atoms with Crippen LogP contribution in [-0.4, -0.2) is 83.3 Å². The van der Waals surface area contributed by atoms with Crippen molar-refractivity contribution >= 4 is 79.1 Å². The molecule has 0 aliphatic carbocycles. The van der Waals surface area contributed by atoms with Gasteiger partial charge in [-0.3, -0.25) is 23.7 Å². The molecule has 0 saturated carbocycles. The lowest BCUT2D eigenvalue weighted by atomic mass is 9.99. The highest BCUT2D eigenvalue weighted by atomic mass is 35.5. The molecule has 0 unspecified atom stereocenters. The van der Waals surface area contributed by atoms with E-state index in [2.05, 4.69) is 25.6 Å². The van der Waals surface area contributed by atoms with Crippen LogP contribution in [0.4, 0.5) is 5.13 Å². The van der Waals surface area contributed by atoms with E-state index in [1.165, 1.54) is 16.7 Å². The summed E-state index contributed by atoms with van der Waals surface area (Å²) in [6, 6.07) is 0.542. The summed E-state index contributed by atoms with van der Waals surface area (Å²) in [5.74, 6) is -3.69. The Morgan fingerprint density at radius 3 is 2.69 bits per heavy atom. The average molecular weight is 580 g/mol. The van der Waals surface area contributed by atoms with Crippen LogP contribution in [0.25, 0.3) is 0 Å². The first kappa shape index (κ1) is 27.5. The first-order valence-electron chi connectivity index (χ1n) is 9.77. The van der Waals surface area contributed by atoms with Crippen LogP contribution < -0.4 is 10.6 Å². The molecular weight excluding hydrogens is 562 g/mol. The number of nitrogens with zero attached hydrogens (tertiary/aromatic N) is 3. The number of anilines is 1. The Labute approximate surface area is 217 Å². The van der Waals surface area contributed by atoms with E-state index in [0.717, 1.165) is 18.4 Å². The van der Waals surface area contributed by atoms with E-state index in [1.54, 1.807) is 17.5 Å². The number of nitrogens with one attached hydrogen (secondary N) is 2. The number of thiophene rings is 1. The summed E-state index contributed by atoms with van der Waals surface area (Å²) in [5.41, 5.74) is -0.423. The zero-order valence-electron chi connectivity index (χ0n) is 18.2. The third-order valence-electron chi connectivity index (χ3n) is 4.53. The molecule has 1 aliphatic heterocycles. The van der Waals surface area contributed by atoms with Crippen LogP contribution in [-0.2, 0) is 45.5 Å². The van der Waals surface area contributed by atoms with Crippen LogP contribution in [0.15, 0.2) is 28.0 Å². The van der Waals surface area contributed by atoms with Crippen LogP contribution in [0, 0.1) is 0 Å². The first-order chi connectivity index (χ1) is 17.0. The zero-order chi connectivity index (χ0) is 26.5. The molecule has 2 atom stereocenters. The third-order valence-corrected chi connectivity index (χ3v) is 7.36. The Kier molecular flexibility index (Phi) is 8.96. The van der Waals surface area contributed by atoms with Crippen molar-refractivity contribution in [2.24, 2.45) is 5.16 Å². The Morgan fingerprint density at radius 2 is 2.08 bits per heavy atom. The molecular formula is C18H18ClN5O9S3. The van der Waals surface area contributed by atoms with Crippen LogP contribution in [0.5, 0.6) is 0 Å². The van der Waals surface area contributed by atoms with Crippen molar-refractivity contribution < 1.29 is 41.7 Å². The number of carbonyl (C=O) groups is 4. The summed E-state index contributed by atoms with van der Waals surface area (Å²) in [4.78, 5) is 58.2. The number of carbonyl (C=O) groups excluding carboxylic acids is 4. The fourth-order valence-corrected chi connectivity index (χ4v) is 5.34. The molecule has 36 heavy (non-hydrogen) atoms. The van der Waals surface area contributed by atoms with Gasteiger partial charge in [0.05, 0.1) is 6.42 Å². The van der Waals surface area contributed by atoms with Crippen molar-refractivity contribution in [2.75, 3.05) is 24.9 Å². The summed E-state index contributed by atoms with van der Waals surface area (Å²) in [5, 5.41) is 11.5. The molecule has 18 heteroatoms. The molecule has 3 rings (SSSR count). The summed E-state index contributed by atoms with van der Waals surface area (Å²) < 4.78 is 37.9. The number of β-lactam (4-membered cyclic amide) rings is 1. The molecule has 0 bridgehead atoms. The van der Waals surface area contributed by atoms with E-state index in [9.17, 15) is 32.1 Å². The molecule has 0 radical (unpaired) electrons. The lowest BCUT2D eigenvalue weighted by molar-refractivity contribution is -0.155. The Hall–Kier alpha value is -3.12. The number of amides is 3. The van der Waals surface area contributed by atoms with Gasteiger partial charge in [0.1, 0.15) is 37.4 Å². The highest BCUT2D eigenvalue weighted by Gasteiger charge is 2.55. The molecule has 1 aliphatic rings. The predicted molar refractivity (Wildman–Crippen MR) is 128 cm³/mol. The quantitative estimate of drug-likeness (QED) is 0.0815. The Morgan fingerprint density at radius 1 is 1.33 bits per heavy atom. The summed E-state index contributed by atoms with van der Waals surface area (Å²) >= 11 is 7.70. The van der Waals surface area contributed by atoms with E-state index < -0.39 is 58.4 Å². The topological polar surface area (TPSA) is 194 Å². The maximum Gasteiger partial charge on any atom is 0.362 e. The molecule has 3 N–H and O–H groups in total. The second kappa shape index (κ2) is 11.7. The molecule has 1 fully saturated rings. The molecule has 2 aromatic heterocycles. The first-order valence-corrected chi connectivity index (χ1v) is 13.5. The Balaban J connectivity index is 1.72. The maximum absolute atomic E-state index is 12.9. The van der Waals surface area contributed by atoms with Crippen molar-refractivity contribution in [3.05, 3.63) is 33.5 Å². The number of alkyl halides is 1. The van der Waals surface area contributed by atoms with Gasteiger partial charge in [-0.15, -0.1) is 34.3 Å². The van der Waals surface area contributed by atoms with Crippen LogP contribution in [0.3, 0.4) is 0 Å². The molecule has 2 aromatic rings. The predicted octanol–water partition coefficient (Wildman–Crippen LogP) is 0.0167. The lowest BCUT2D eigenvalue weighted by Gasteiger charge is -2.43. The minimum absolute atomic E-state index is 0.0263. The lowest BCUT2D eigenvalue weighted by Crippen LogP contribution is -2.73. The molecule has 14 nitrogen and oxygen atoms in total. The Bertz CT molecular complexity index is 1280. The highest BCUT2D eigenvalue weighted by molar-refractivity contribution is 7.84. The summed E-state index contributed by atoms with van der Waals surface area (Å²) in [7, 11) is -3.84. The van der Waals surface area contributed by atoms with Crippen LogP contribution in [0.1, 0.15) is 10.6 Å². The smallest absolute Gasteiger partial charge is 0.362 e. The molecule has 0 aromatic carbocycles. The monoisotopic (exact) mass is 579 g/mol. The fourth-order valence-electron chi connectivity index (χ4n) is 3.01. The SMILES string of the molecule is CON=C(C(=O)N[C@H]1C(=O)N(S(=O)(=O)O)[C@H]1COC(=O)Cc1cccs1)c1csc(NC(=O)CCl)n1. The molecule has 0 spiro atoms. The number of aromatic nitrogens is 1. The van der Waals surface area contributed by atoms with Crippen LogP contribution in [0.2, 0.25) is 0 Å². The molecule has 3 heterocycles. The van der Waals surface area contributed by atoms with E-state index in [1.807, 2.05) is 0 Å². The minimum Gasteiger partial charge on any atom is -0.463 e. The number of ether oxygens (including phenoxy) is 1. The van der Waals surface area contributed by atoms with Crippen molar-refractivity contribution in [3.8, 4) is 0 Å². The van der Waals surface area contributed by atoms with Gasteiger partial charge in [-0.2, -0.15) is 8.42 Å². The molecule has 194 valence electrons. The van der Waals surface area contributed by atoms with Gasteiger partial charge >= 0.3 is 16.3 Å². The van der Waals surface area contributed by atoms with Crippen molar-refractivity contribution in [1.29, 1.82) is 0 Å². The number of hydrogen-bond acceptors (Lipinski definition) is 12. The van der Waals surface area contributed by atoms with E-state index in [-0.39, 0.29) is 27.4 Å². The van der Waals surface area contributed by atoms with E-state index in [4.69, 9.17) is 16.3 Å². The number of hydrogen-bond donors (Lipinski definition) is 3. The highest BCUT2D eigenvalue weighted by Crippen LogP contribution is 2.25. The van der Waals surface area contributed by atoms with Gasteiger partial charge in [-0.25, -0.2) is 9.29 Å². The number of rotatable bonds is 11. The van der Waals surface area contributed by atoms with Gasteiger partial charge in [-0.05, 0) is 11.4 Å². The largest absolute Gasteiger partial charge is 0.463 e.